The number of hydrogen-bond donors (Lipinski definition) is 1. The lowest BCUT2D eigenvalue weighted by atomic mass is 9.81. The monoisotopic (exact) mass is 317 g/mol. The second kappa shape index (κ2) is 5.52. The number of carboxylic acid groups (broad SMARTS) is 1. The quantitative estimate of drug-likeness (QED) is 0.834. The number of nitrogens with zero attached hydrogens (tertiary/aromatic N) is 1. The molecule has 0 aromatic rings. The van der Waals surface area contributed by atoms with Crippen LogP contribution in [0.1, 0.15) is 32.1 Å². The van der Waals surface area contributed by atoms with Crippen molar-refractivity contribution in [3.63, 3.8) is 0 Å². The first kappa shape index (κ1) is 15.2. The molecule has 7 heteroatoms. The molecule has 0 aromatic heterocycles. The third kappa shape index (κ3) is 2.71. The molecule has 1 aliphatic carbocycles. The lowest BCUT2D eigenvalue weighted by Crippen LogP contribution is -2.39. The summed E-state index contributed by atoms with van der Waals surface area (Å²) >= 11 is 0. The van der Waals surface area contributed by atoms with Crippen molar-refractivity contribution in [3.8, 4) is 0 Å². The fourth-order valence-electron chi connectivity index (χ4n) is 4.12. The van der Waals surface area contributed by atoms with Crippen LogP contribution in [0.3, 0.4) is 0 Å². The van der Waals surface area contributed by atoms with Crippen molar-refractivity contribution >= 4 is 16.0 Å². The van der Waals surface area contributed by atoms with Gasteiger partial charge in [-0.05, 0) is 37.5 Å². The first-order chi connectivity index (χ1) is 9.94. The van der Waals surface area contributed by atoms with E-state index in [4.69, 9.17) is 4.74 Å². The summed E-state index contributed by atoms with van der Waals surface area (Å²) in [5.41, 5.74) is -0.831. The number of hydrogen-bond acceptors (Lipinski definition) is 4. The van der Waals surface area contributed by atoms with E-state index in [1.54, 1.807) is 0 Å². The molecule has 3 rings (SSSR count). The maximum absolute atomic E-state index is 12.6. The van der Waals surface area contributed by atoms with Crippen LogP contribution in [0.2, 0.25) is 0 Å². The van der Waals surface area contributed by atoms with Crippen LogP contribution in [0.15, 0.2) is 0 Å². The normalized spacial score (nSPS) is 35.0. The van der Waals surface area contributed by atoms with E-state index < -0.39 is 21.4 Å². The Balaban J connectivity index is 1.71. The van der Waals surface area contributed by atoms with Gasteiger partial charge in [0.05, 0.1) is 11.2 Å². The van der Waals surface area contributed by atoms with E-state index in [0.29, 0.717) is 26.2 Å². The Bertz CT molecular complexity index is 513. The van der Waals surface area contributed by atoms with Crippen molar-refractivity contribution < 1.29 is 23.1 Å². The van der Waals surface area contributed by atoms with Crippen LogP contribution in [0, 0.1) is 17.3 Å². The Morgan fingerprint density at radius 3 is 2.62 bits per heavy atom. The highest BCUT2D eigenvalue weighted by Crippen LogP contribution is 2.49. The second-order valence-electron chi connectivity index (χ2n) is 6.68. The smallest absolute Gasteiger partial charge is 0.311 e. The molecule has 0 bridgehead atoms. The van der Waals surface area contributed by atoms with Gasteiger partial charge in [-0.2, -0.15) is 0 Å². The molecule has 3 aliphatic rings. The summed E-state index contributed by atoms with van der Waals surface area (Å²) in [6.45, 7) is 1.81. The predicted molar refractivity (Wildman–Crippen MR) is 76.3 cm³/mol. The zero-order valence-electron chi connectivity index (χ0n) is 12.2. The largest absolute Gasteiger partial charge is 0.481 e. The summed E-state index contributed by atoms with van der Waals surface area (Å²) in [6, 6.07) is 0. The van der Waals surface area contributed by atoms with Gasteiger partial charge in [-0.25, -0.2) is 12.7 Å². The van der Waals surface area contributed by atoms with Gasteiger partial charge in [0.25, 0.3) is 0 Å². The number of rotatable bonds is 4. The minimum absolute atomic E-state index is 0.0144. The molecule has 2 saturated heterocycles. The minimum atomic E-state index is -3.36. The molecule has 0 spiro atoms. The molecule has 2 aliphatic heterocycles. The fourth-order valence-corrected chi connectivity index (χ4v) is 6.10. The van der Waals surface area contributed by atoms with E-state index in [2.05, 4.69) is 0 Å². The average Bonchev–Trinajstić information content (AvgIpc) is 2.97. The third-order valence-electron chi connectivity index (χ3n) is 5.45. The summed E-state index contributed by atoms with van der Waals surface area (Å²) in [7, 11) is -3.36. The Labute approximate surface area is 125 Å². The molecule has 21 heavy (non-hydrogen) atoms. The van der Waals surface area contributed by atoms with Crippen LogP contribution < -0.4 is 0 Å². The molecule has 0 aromatic carbocycles. The van der Waals surface area contributed by atoms with Crippen LogP contribution in [0.4, 0.5) is 0 Å². The fraction of sp³-hybridized carbons (Fsp3) is 0.929. The Morgan fingerprint density at radius 1 is 1.29 bits per heavy atom. The van der Waals surface area contributed by atoms with E-state index in [1.165, 1.54) is 4.31 Å². The number of carboxylic acids is 1. The first-order valence-electron chi connectivity index (χ1n) is 7.73. The number of ether oxygens (including phenoxy) is 1. The van der Waals surface area contributed by atoms with Gasteiger partial charge in [0.2, 0.25) is 10.0 Å². The maximum Gasteiger partial charge on any atom is 0.311 e. The SMILES string of the molecule is O=C(O)[C@@]12CCC[C@H]1CN(S(=O)(=O)CC1CCOCC1)C2. The van der Waals surface area contributed by atoms with E-state index in [1.807, 2.05) is 0 Å². The average molecular weight is 317 g/mol. The van der Waals surface area contributed by atoms with Crippen molar-refractivity contribution in [1.29, 1.82) is 0 Å². The van der Waals surface area contributed by atoms with Gasteiger partial charge in [-0.15, -0.1) is 0 Å². The standard InChI is InChI=1S/C14H23NO5S/c16-13(17)14-5-1-2-12(14)8-15(10-14)21(18,19)9-11-3-6-20-7-4-11/h11-12H,1-10H2,(H,16,17)/t12-,14+/m0/s1. The molecule has 3 fully saturated rings. The van der Waals surface area contributed by atoms with E-state index in [0.717, 1.165) is 25.7 Å². The summed E-state index contributed by atoms with van der Waals surface area (Å²) in [6.07, 6.45) is 3.89. The minimum Gasteiger partial charge on any atom is -0.481 e. The second-order valence-corrected chi connectivity index (χ2v) is 8.69. The molecule has 6 nitrogen and oxygen atoms in total. The number of sulfonamides is 1. The highest BCUT2D eigenvalue weighted by molar-refractivity contribution is 7.89. The number of fused-ring (bicyclic) bond motifs is 1. The summed E-state index contributed by atoms with van der Waals surface area (Å²) in [5, 5.41) is 9.54. The molecular formula is C14H23NO5S. The van der Waals surface area contributed by atoms with Gasteiger partial charge in [0.1, 0.15) is 0 Å². The molecular weight excluding hydrogens is 294 g/mol. The van der Waals surface area contributed by atoms with Crippen LogP contribution in [-0.2, 0) is 19.6 Å². The van der Waals surface area contributed by atoms with Crippen LogP contribution >= 0.6 is 0 Å². The molecule has 1 N–H and O–H groups in total. The zero-order chi connectivity index (χ0) is 15.1. The van der Waals surface area contributed by atoms with Gasteiger partial charge >= 0.3 is 5.97 Å². The van der Waals surface area contributed by atoms with Gasteiger partial charge < -0.3 is 9.84 Å². The predicted octanol–water partition coefficient (Wildman–Crippen LogP) is 0.929. The summed E-state index contributed by atoms with van der Waals surface area (Å²) < 4.78 is 31.9. The highest BCUT2D eigenvalue weighted by Gasteiger charge is 2.57. The molecule has 0 amide bonds. The van der Waals surface area contributed by atoms with Crippen molar-refractivity contribution in [2.45, 2.75) is 32.1 Å². The van der Waals surface area contributed by atoms with Crippen LogP contribution in [-0.4, -0.2) is 55.9 Å². The Kier molecular flexibility index (Phi) is 4.00. The third-order valence-corrected chi connectivity index (χ3v) is 7.40. The zero-order valence-corrected chi connectivity index (χ0v) is 13.0. The first-order valence-corrected chi connectivity index (χ1v) is 9.34. The highest BCUT2D eigenvalue weighted by atomic mass is 32.2. The number of aliphatic carboxylic acids is 1. The maximum atomic E-state index is 12.6. The Morgan fingerprint density at radius 2 is 2.00 bits per heavy atom. The van der Waals surface area contributed by atoms with E-state index in [-0.39, 0.29) is 24.1 Å². The van der Waals surface area contributed by atoms with E-state index in [9.17, 15) is 18.3 Å². The van der Waals surface area contributed by atoms with Crippen molar-refractivity contribution in [1.82, 2.24) is 4.31 Å². The van der Waals surface area contributed by atoms with E-state index >= 15 is 0 Å². The molecule has 2 heterocycles. The summed E-state index contributed by atoms with van der Waals surface area (Å²) in [4.78, 5) is 11.6. The Hall–Kier alpha value is -0.660. The van der Waals surface area contributed by atoms with Gasteiger partial charge in [0.15, 0.2) is 0 Å². The molecule has 120 valence electrons. The van der Waals surface area contributed by atoms with Gasteiger partial charge in [-0.1, -0.05) is 6.42 Å². The lowest BCUT2D eigenvalue weighted by Gasteiger charge is -2.26. The van der Waals surface area contributed by atoms with Crippen molar-refractivity contribution in [2.24, 2.45) is 17.3 Å². The molecule has 0 unspecified atom stereocenters. The van der Waals surface area contributed by atoms with Gasteiger partial charge in [0, 0.05) is 26.3 Å². The lowest BCUT2D eigenvalue weighted by molar-refractivity contribution is -0.149. The number of carbonyl (C=O) groups is 1. The van der Waals surface area contributed by atoms with Gasteiger partial charge in [-0.3, -0.25) is 4.79 Å². The summed E-state index contributed by atoms with van der Waals surface area (Å²) in [5.74, 6) is -0.558. The molecule has 0 radical (unpaired) electrons. The topological polar surface area (TPSA) is 83.9 Å². The van der Waals surface area contributed by atoms with Crippen molar-refractivity contribution in [3.05, 3.63) is 0 Å². The van der Waals surface area contributed by atoms with Crippen LogP contribution in [0.5, 0.6) is 0 Å². The molecule has 2 atom stereocenters. The van der Waals surface area contributed by atoms with Crippen molar-refractivity contribution in [2.75, 3.05) is 32.1 Å². The molecule has 1 saturated carbocycles. The van der Waals surface area contributed by atoms with Crippen LogP contribution in [0.25, 0.3) is 0 Å².